The van der Waals surface area contributed by atoms with E-state index in [9.17, 15) is 9.59 Å². The van der Waals surface area contributed by atoms with Gasteiger partial charge in [-0.15, -0.1) is 0 Å². The van der Waals surface area contributed by atoms with Gasteiger partial charge < -0.3 is 15.0 Å². The molecular weight excluding hydrogens is 484 g/mol. The Morgan fingerprint density at radius 2 is 1.62 bits per heavy atom. The number of halogens is 1. The quantitative estimate of drug-likeness (QED) is 0.265. The molecule has 0 saturated heterocycles. The van der Waals surface area contributed by atoms with Gasteiger partial charge in [-0.3, -0.25) is 9.59 Å². The number of nitrogens with zero attached hydrogens (tertiary/aromatic N) is 1. The van der Waals surface area contributed by atoms with E-state index >= 15 is 0 Å². The lowest BCUT2D eigenvalue weighted by Crippen LogP contribution is -2.51. The minimum Gasteiger partial charge on any atom is -0.484 e. The molecule has 5 nitrogen and oxygen atoms in total. The zero-order chi connectivity index (χ0) is 26.6. The molecule has 0 bridgehead atoms. The Bertz CT molecular complexity index is 1130. The van der Waals surface area contributed by atoms with Crippen molar-refractivity contribution in [1.82, 2.24) is 10.2 Å². The summed E-state index contributed by atoms with van der Waals surface area (Å²) in [7, 11) is 0. The Labute approximate surface area is 225 Å². The average molecular weight is 521 g/mol. The van der Waals surface area contributed by atoms with E-state index in [1.807, 2.05) is 72.8 Å². The summed E-state index contributed by atoms with van der Waals surface area (Å²) in [5.41, 5.74) is 2.95. The zero-order valence-corrected chi connectivity index (χ0v) is 22.7. The molecule has 0 radical (unpaired) electrons. The number of carbonyl (C=O) groups is 2. The summed E-state index contributed by atoms with van der Waals surface area (Å²) >= 11 is 6.46. The summed E-state index contributed by atoms with van der Waals surface area (Å²) < 4.78 is 5.87. The molecule has 0 spiro atoms. The van der Waals surface area contributed by atoms with E-state index in [4.69, 9.17) is 16.3 Å². The molecule has 0 fully saturated rings. The van der Waals surface area contributed by atoms with Gasteiger partial charge in [0.1, 0.15) is 11.8 Å². The van der Waals surface area contributed by atoms with E-state index in [0.29, 0.717) is 29.7 Å². The van der Waals surface area contributed by atoms with Crippen molar-refractivity contribution >= 4 is 23.4 Å². The molecule has 0 saturated carbocycles. The molecule has 0 aliphatic heterocycles. The van der Waals surface area contributed by atoms with Crippen molar-refractivity contribution in [2.75, 3.05) is 13.2 Å². The maximum Gasteiger partial charge on any atom is 0.261 e. The molecule has 3 rings (SSSR count). The SMILES string of the molecule is CCCCNC(=O)C(Cc1ccccc1)N(Cc1ccccc1Cl)C(=O)COc1ccc(C(C)C)cc1. The van der Waals surface area contributed by atoms with Crippen molar-refractivity contribution in [2.45, 2.75) is 58.5 Å². The summed E-state index contributed by atoms with van der Waals surface area (Å²) in [5, 5.41) is 3.57. The standard InChI is InChI=1S/C31H37ClN2O3/c1-4-5-19-33-31(36)29(20-24-11-7-6-8-12-24)34(21-26-13-9-10-14-28(26)32)30(35)22-37-27-17-15-25(16-18-27)23(2)3/h6-18,23,29H,4-5,19-22H2,1-3H3,(H,33,36). The minimum absolute atomic E-state index is 0.181. The van der Waals surface area contributed by atoms with Gasteiger partial charge in [-0.05, 0) is 47.2 Å². The summed E-state index contributed by atoms with van der Waals surface area (Å²) in [6.45, 7) is 6.92. The molecule has 1 N–H and O–H groups in total. The smallest absolute Gasteiger partial charge is 0.261 e. The molecule has 37 heavy (non-hydrogen) atoms. The highest BCUT2D eigenvalue weighted by atomic mass is 35.5. The van der Waals surface area contributed by atoms with Crippen LogP contribution in [0.1, 0.15) is 56.2 Å². The number of unbranched alkanes of at least 4 members (excludes halogenated alkanes) is 1. The van der Waals surface area contributed by atoms with Gasteiger partial charge >= 0.3 is 0 Å². The third kappa shape index (κ3) is 8.64. The first kappa shape index (κ1) is 28.3. The van der Waals surface area contributed by atoms with Crippen molar-refractivity contribution < 1.29 is 14.3 Å². The van der Waals surface area contributed by atoms with Crippen molar-refractivity contribution in [3.8, 4) is 5.75 Å². The normalized spacial score (nSPS) is 11.7. The number of nitrogens with one attached hydrogen (secondary N) is 1. The van der Waals surface area contributed by atoms with Crippen LogP contribution in [0.2, 0.25) is 5.02 Å². The van der Waals surface area contributed by atoms with Crippen LogP contribution in [-0.4, -0.2) is 35.9 Å². The molecule has 0 aliphatic carbocycles. The fourth-order valence-corrected chi connectivity index (χ4v) is 4.24. The molecule has 3 aromatic rings. The highest BCUT2D eigenvalue weighted by molar-refractivity contribution is 6.31. The van der Waals surface area contributed by atoms with Crippen LogP contribution in [-0.2, 0) is 22.6 Å². The maximum absolute atomic E-state index is 13.7. The van der Waals surface area contributed by atoms with Crippen LogP contribution in [0.3, 0.4) is 0 Å². The highest BCUT2D eigenvalue weighted by Gasteiger charge is 2.31. The van der Waals surface area contributed by atoms with Gasteiger partial charge in [-0.2, -0.15) is 0 Å². The first-order chi connectivity index (χ1) is 17.9. The predicted molar refractivity (Wildman–Crippen MR) is 150 cm³/mol. The Kier molecular flexibility index (Phi) is 11.0. The van der Waals surface area contributed by atoms with E-state index in [1.54, 1.807) is 11.0 Å². The maximum atomic E-state index is 13.7. The Balaban J connectivity index is 1.87. The van der Waals surface area contributed by atoms with Gasteiger partial charge in [-0.1, -0.05) is 99.5 Å². The van der Waals surface area contributed by atoms with Gasteiger partial charge in [0, 0.05) is 24.5 Å². The largest absolute Gasteiger partial charge is 0.484 e. The Hall–Kier alpha value is -3.31. The van der Waals surface area contributed by atoms with Crippen LogP contribution in [0.15, 0.2) is 78.9 Å². The number of amides is 2. The van der Waals surface area contributed by atoms with Crippen molar-refractivity contribution in [3.63, 3.8) is 0 Å². The summed E-state index contributed by atoms with van der Waals surface area (Å²) in [4.78, 5) is 28.7. The van der Waals surface area contributed by atoms with Crippen molar-refractivity contribution in [2.24, 2.45) is 0 Å². The van der Waals surface area contributed by atoms with Gasteiger partial charge in [0.05, 0.1) is 0 Å². The minimum atomic E-state index is -0.713. The van der Waals surface area contributed by atoms with Crippen LogP contribution < -0.4 is 10.1 Å². The molecule has 2 amide bonds. The zero-order valence-electron chi connectivity index (χ0n) is 22.0. The van der Waals surface area contributed by atoms with Gasteiger partial charge in [0.2, 0.25) is 5.91 Å². The monoisotopic (exact) mass is 520 g/mol. The van der Waals surface area contributed by atoms with E-state index in [1.165, 1.54) is 5.56 Å². The number of benzene rings is 3. The third-order valence-electron chi connectivity index (χ3n) is 6.31. The number of hydrogen-bond acceptors (Lipinski definition) is 3. The third-order valence-corrected chi connectivity index (χ3v) is 6.68. The van der Waals surface area contributed by atoms with E-state index in [0.717, 1.165) is 24.0 Å². The lowest BCUT2D eigenvalue weighted by molar-refractivity contribution is -0.142. The average Bonchev–Trinajstić information content (AvgIpc) is 2.91. The van der Waals surface area contributed by atoms with Gasteiger partial charge in [0.15, 0.2) is 6.61 Å². The Morgan fingerprint density at radius 3 is 2.27 bits per heavy atom. The number of ether oxygens (including phenoxy) is 1. The van der Waals surface area contributed by atoms with Crippen LogP contribution in [0.5, 0.6) is 5.75 Å². The molecule has 0 aromatic heterocycles. The van der Waals surface area contributed by atoms with E-state index in [2.05, 4.69) is 26.1 Å². The fraction of sp³-hybridized carbons (Fsp3) is 0.355. The number of rotatable bonds is 13. The molecule has 1 unspecified atom stereocenters. The molecule has 196 valence electrons. The topological polar surface area (TPSA) is 58.6 Å². The van der Waals surface area contributed by atoms with Gasteiger partial charge in [0.25, 0.3) is 5.91 Å². The molecule has 0 aliphatic rings. The number of carbonyl (C=O) groups excluding carboxylic acids is 2. The molecule has 6 heteroatoms. The first-order valence-electron chi connectivity index (χ1n) is 13.0. The van der Waals surface area contributed by atoms with Crippen LogP contribution in [0, 0.1) is 0 Å². The van der Waals surface area contributed by atoms with Crippen molar-refractivity contribution in [3.05, 3.63) is 101 Å². The fourth-order valence-electron chi connectivity index (χ4n) is 4.05. The Morgan fingerprint density at radius 1 is 0.946 bits per heavy atom. The second-order valence-electron chi connectivity index (χ2n) is 9.48. The lowest BCUT2D eigenvalue weighted by atomic mass is 10.0. The van der Waals surface area contributed by atoms with Crippen LogP contribution >= 0.6 is 11.6 Å². The van der Waals surface area contributed by atoms with E-state index in [-0.39, 0.29) is 25.0 Å². The molecular formula is C31H37ClN2O3. The number of hydrogen-bond donors (Lipinski definition) is 1. The molecule has 3 aromatic carbocycles. The van der Waals surface area contributed by atoms with Gasteiger partial charge in [-0.25, -0.2) is 0 Å². The first-order valence-corrected chi connectivity index (χ1v) is 13.3. The summed E-state index contributed by atoms with van der Waals surface area (Å²) in [6.07, 6.45) is 2.23. The summed E-state index contributed by atoms with van der Waals surface area (Å²) in [6, 6.07) is 24.2. The summed E-state index contributed by atoms with van der Waals surface area (Å²) in [5.74, 6) is 0.563. The predicted octanol–water partition coefficient (Wildman–Crippen LogP) is 6.40. The second-order valence-corrected chi connectivity index (χ2v) is 9.88. The van der Waals surface area contributed by atoms with E-state index < -0.39 is 6.04 Å². The lowest BCUT2D eigenvalue weighted by Gasteiger charge is -2.31. The highest BCUT2D eigenvalue weighted by Crippen LogP contribution is 2.22. The molecule has 1 atom stereocenters. The van der Waals surface area contributed by atoms with Crippen LogP contribution in [0.25, 0.3) is 0 Å². The van der Waals surface area contributed by atoms with Crippen molar-refractivity contribution in [1.29, 1.82) is 0 Å². The second kappa shape index (κ2) is 14.4. The molecule has 0 heterocycles. The van der Waals surface area contributed by atoms with Crippen LogP contribution in [0.4, 0.5) is 0 Å².